The molecule has 0 N–H and O–H groups in total. The van der Waals surface area contributed by atoms with Crippen LogP contribution in [0.4, 0.5) is 0 Å². The highest BCUT2D eigenvalue weighted by Gasteiger charge is 2.07. The van der Waals surface area contributed by atoms with Crippen molar-refractivity contribution in [3.8, 4) is 5.75 Å². The van der Waals surface area contributed by atoms with Gasteiger partial charge in [-0.05, 0) is 48.7 Å². The van der Waals surface area contributed by atoms with Gasteiger partial charge in [-0.25, -0.2) is 0 Å². The summed E-state index contributed by atoms with van der Waals surface area (Å²) in [5.74, 6) is 0.864. The number of hydrogen-bond acceptors (Lipinski definition) is 1. The number of aryl methyl sites for hydroxylation is 1. The fraction of sp³-hybridized carbons (Fsp3) is 0.176. The first-order chi connectivity index (χ1) is 9.67. The summed E-state index contributed by atoms with van der Waals surface area (Å²) in [4.78, 5) is 0. The maximum atomic E-state index is 6.09. The minimum Gasteiger partial charge on any atom is -0.496 e. The number of rotatable bonds is 3. The molecule has 0 atom stereocenters. The molecule has 0 saturated heterocycles. The Kier molecular flexibility index (Phi) is 3.41. The lowest BCUT2D eigenvalue weighted by atomic mass is 10.1. The minimum absolute atomic E-state index is 0.730. The van der Waals surface area contributed by atoms with E-state index in [1.165, 1.54) is 16.5 Å². The minimum atomic E-state index is 0.730. The Morgan fingerprint density at radius 2 is 1.95 bits per heavy atom. The highest BCUT2D eigenvalue weighted by molar-refractivity contribution is 6.30. The van der Waals surface area contributed by atoms with Crippen molar-refractivity contribution in [1.82, 2.24) is 4.57 Å². The van der Waals surface area contributed by atoms with E-state index in [9.17, 15) is 0 Å². The molecular weight excluding hydrogens is 270 g/mol. The Labute approximate surface area is 123 Å². The van der Waals surface area contributed by atoms with Gasteiger partial charge in [0, 0.05) is 22.3 Å². The van der Waals surface area contributed by atoms with Crippen LogP contribution in [0.2, 0.25) is 5.02 Å². The fourth-order valence-corrected chi connectivity index (χ4v) is 2.71. The quantitative estimate of drug-likeness (QED) is 0.683. The van der Waals surface area contributed by atoms with Gasteiger partial charge in [-0.15, -0.1) is 0 Å². The van der Waals surface area contributed by atoms with E-state index in [1.807, 2.05) is 18.2 Å². The van der Waals surface area contributed by atoms with Gasteiger partial charge in [-0.1, -0.05) is 23.2 Å². The number of nitrogens with zero attached hydrogens (tertiary/aromatic N) is 1. The number of halogens is 1. The molecule has 3 aromatic rings. The number of hydrogen-bond donors (Lipinski definition) is 0. The van der Waals surface area contributed by atoms with Crippen molar-refractivity contribution in [3.63, 3.8) is 0 Å². The van der Waals surface area contributed by atoms with Crippen molar-refractivity contribution in [1.29, 1.82) is 0 Å². The van der Waals surface area contributed by atoms with Crippen molar-refractivity contribution >= 4 is 22.5 Å². The molecule has 0 radical (unpaired) electrons. The lowest BCUT2D eigenvalue weighted by Gasteiger charge is -2.11. The Morgan fingerprint density at radius 3 is 2.75 bits per heavy atom. The largest absolute Gasteiger partial charge is 0.496 e. The maximum absolute atomic E-state index is 6.09. The second-order valence-corrected chi connectivity index (χ2v) is 5.40. The Morgan fingerprint density at radius 1 is 1.10 bits per heavy atom. The summed E-state index contributed by atoms with van der Waals surface area (Å²) < 4.78 is 7.62. The molecule has 0 amide bonds. The van der Waals surface area contributed by atoms with Gasteiger partial charge in [0.1, 0.15) is 5.75 Å². The zero-order valence-corrected chi connectivity index (χ0v) is 12.3. The number of benzene rings is 2. The van der Waals surface area contributed by atoms with Gasteiger partial charge in [0.25, 0.3) is 0 Å². The summed E-state index contributed by atoms with van der Waals surface area (Å²) in [5, 5.41) is 1.99. The number of methoxy groups -OCH3 is 1. The average Bonchev–Trinajstić information content (AvgIpc) is 2.81. The zero-order valence-electron chi connectivity index (χ0n) is 11.6. The monoisotopic (exact) mass is 285 g/mol. The van der Waals surface area contributed by atoms with E-state index in [1.54, 1.807) is 7.11 Å². The molecule has 0 aliphatic heterocycles. The molecule has 1 heterocycles. The summed E-state index contributed by atoms with van der Waals surface area (Å²) in [7, 11) is 1.68. The van der Waals surface area contributed by atoms with Crippen molar-refractivity contribution in [2.45, 2.75) is 13.5 Å². The van der Waals surface area contributed by atoms with Gasteiger partial charge in [0.15, 0.2) is 0 Å². The van der Waals surface area contributed by atoms with E-state index in [4.69, 9.17) is 16.3 Å². The molecule has 0 aliphatic rings. The second-order valence-electron chi connectivity index (χ2n) is 4.96. The third-order valence-corrected chi connectivity index (χ3v) is 3.74. The molecule has 0 saturated carbocycles. The molecule has 3 rings (SSSR count). The standard InChI is InChI=1S/C17H16ClNO/c1-12-3-5-16-13(9-12)7-8-19(16)11-14-10-15(18)4-6-17(14)20-2/h3-10H,11H2,1-2H3. The second kappa shape index (κ2) is 5.22. The molecule has 0 fully saturated rings. The van der Waals surface area contributed by atoms with Gasteiger partial charge in [0.2, 0.25) is 0 Å². The van der Waals surface area contributed by atoms with E-state index >= 15 is 0 Å². The van der Waals surface area contributed by atoms with E-state index in [0.29, 0.717) is 0 Å². The third-order valence-electron chi connectivity index (χ3n) is 3.51. The van der Waals surface area contributed by atoms with E-state index in [-0.39, 0.29) is 0 Å². The normalized spacial score (nSPS) is 10.9. The molecule has 1 aromatic heterocycles. The lowest BCUT2D eigenvalue weighted by molar-refractivity contribution is 0.408. The summed E-state index contributed by atoms with van der Waals surface area (Å²) >= 11 is 6.09. The topological polar surface area (TPSA) is 14.2 Å². The first-order valence-corrected chi connectivity index (χ1v) is 6.93. The van der Waals surface area contributed by atoms with Crippen molar-refractivity contribution in [2.24, 2.45) is 0 Å². The third kappa shape index (κ3) is 2.39. The molecule has 3 heteroatoms. The Hall–Kier alpha value is -1.93. The summed E-state index contributed by atoms with van der Waals surface area (Å²) in [5.41, 5.74) is 3.58. The van der Waals surface area contributed by atoms with Gasteiger partial charge < -0.3 is 9.30 Å². The molecule has 0 spiro atoms. The van der Waals surface area contributed by atoms with Crippen LogP contribution in [0.15, 0.2) is 48.7 Å². The highest BCUT2D eigenvalue weighted by atomic mass is 35.5. The maximum Gasteiger partial charge on any atom is 0.123 e. The van der Waals surface area contributed by atoms with E-state index in [2.05, 4.69) is 42.0 Å². The van der Waals surface area contributed by atoms with E-state index in [0.717, 1.165) is 22.9 Å². The highest BCUT2D eigenvalue weighted by Crippen LogP contribution is 2.25. The molecule has 0 unspecified atom stereocenters. The molecule has 0 bridgehead atoms. The van der Waals surface area contributed by atoms with Gasteiger partial charge >= 0.3 is 0 Å². The van der Waals surface area contributed by atoms with Crippen molar-refractivity contribution < 1.29 is 4.74 Å². The predicted molar refractivity (Wildman–Crippen MR) is 83.8 cm³/mol. The van der Waals surface area contributed by atoms with Gasteiger partial charge in [0.05, 0.1) is 13.7 Å². The summed E-state index contributed by atoms with van der Waals surface area (Å²) in [6, 6.07) is 14.3. The van der Waals surface area contributed by atoms with Gasteiger partial charge in [-0.2, -0.15) is 0 Å². The first-order valence-electron chi connectivity index (χ1n) is 6.55. The van der Waals surface area contributed by atoms with Crippen LogP contribution >= 0.6 is 11.6 Å². The van der Waals surface area contributed by atoms with Crippen LogP contribution in [0.1, 0.15) is 11.1 Å². The molecule has 2 nitrogen and oxygen atoms in total. The smallest absolute Gasteiger partial charge is 0.123 e. The molecule has 20 heavy (non-hydrogen) atoms. The van der Waals surface area contributed by atoms with Gasteiger partial charge in [-0.3, -0.25) is 0 Å². The first kappa shape index (κ1) is 13.1. The number of ether oxygens (including phenoxy) is 1. The van der Waals surface area contributed by atoms with Crippen LogP contribution in [0, 0.1) is 6.92 Å². The molecule has 2 aromatic carbocycles. The van der Waals surface area contributed by atoms with E-state index < -0.39 is 0 Å². The van der Waals surface area contributed by atoms with Crippen LogP contribution in [0.25, 0.3) is 10.9 Å². The Balaban J connectivity index is 2.03. The van der Waals surface area contributed by atoms with Crippen LogP contribution in [-0.2, 0) is 6.54 Å². The molecular formula is C17H16ClNO. The van der Waals surface area contributed by atoms with Crippen LogP contribution < -0.4 is 4.74 Å². The fourth-order valence-electron chi connectivity index (χ4n) is 2.51. The van der Waals surface area contributed by atoms with Crippen molar-refractivity contribution in [3.05, 3.63) is 64.8 Å². The molecule has 102 valence electrons. The summed E-state index contributed by atoms with van der Waals surface area (Å²) in [6.45, 7) is 2.85. The number of fused-ring (bicyclic) bond motifs is 1. The van der Waals surface area contributed by atoms with Crippen LogP contribution in [-0.4, -0.2) is 11.7 Å². The molecule has 0 aliphatic carbocycles. The predicted octanol–water partition coefficient (Wildman–Crippen LogP) is 4.66. The van der Waals surface area contributed by atoms with Crippen LogP contribution in [0.5, 0.6) is 5.75 Å². The van der Waals surface area contributed by atoms with Crippen LogP contribution in [0.3, 0.4) is 0 Å². The average molecular weight is 286 g/mol. The summed E-state index contributed by atoms with van der Waals surface area (Å²) in [6.07, 6.45) is 2.10. The Bertz CT molecular complexity index is 761. The number of aromatic nitrogens is 1. The van der Waals surface area contributed by atoms with Crippen molar-refractivity contribution in [2.75, 3.05) is 7.11 Å². The zero-order chi connectivity index (χ0) is 14.1. The lowest BCUT2D eigenvalue weighted by Crippen LogP contribution is -2.00. The SMILES string of the molecule is COc1ccc(Cl)cc1Cn1ccc2cc(C)ccc21.